The van der Waals surface area contributed by atoms with Crippen LogP contribution in [0.3, 0.4) is 0 Å². The van der Waals surface area contributed by atoms with Crippen molar-refractivity contribution in [1.82, 2.24) is 15.5 Å². The second-order valence-corrected chi connectivity index (χ2v) is 7.23. The summed E-state index contributed by atoms with van der Waals surface area (Å²) in [5.74, 6) is 0.479. The molecule has 0 aliphatic carbocycles. The fourth-order valence-corrected chi connectivity index (χ4v) is 3.29. The molecule has 1 aliphatic heterocycles. The van der Waals surface area contributed by atoms with Crippen LogP contribution in [0.15, 0.2) is 53.5 Å². The molecule has 3 N–H and O–H groups in total. The molecule has 5 nitrogen and oxygen atoms in total. The van der Waals surface area contributed by atoms with Gasteiger partial charge in [0.2, 0.25) is 0 Å². The van der Waals surface area contributed by atoms with Gasteiger partial charge in [-0.3, -0.25) is 9.89 Å². The van der Waals surface area contributed by atoms with Crippen LogP contribution in [0.5, 0.6) is 0 Å². The SMILES string of the molecule is CN=C(NCc1ccc(F)cc1)NCc1ccc(CN2CCC(O)CC2)cc1.I. The summed E-state index contributed by atoms with van der Waals surface area (Å²) in [6.07, 6.45) is 1.61. The topological polar surface area (TPSA) is 59.9 Å². The molecule has 0 saturated carbocycles. The minimum Gasteiger partial charge on any atom is -0.393 e. The van der Waals surface area contributed by atoms with Crippen molar-refractivity contribution in [2.45, 2.75) is 38.6 Å². The normalized spacial score (nSPS) is 15.6. The molecule has 2 aromatic carbocycles. The molecule has 0 unspecified atom stereocenters. The van der Waals surface area contributed by atoms with Gasteiger partial charge in [0.1, 0.15) is 5.82 Å². The lowest BCUT2D eigenvalue weighted by Crippen LogP contribution is -2.36. The van der Waals surface area contributed by atoms with Crippen LogP contribution in [-0.2, 0) is 19.6 Å². The fourth-order valence-electron chi connectivity index (χ4n) is 3.29. The first kappa shape index (κ1) is 23.6. The summed E-state index contributed by atoms with van der Waals surface area (Å²) in [4.78, 5) is 6.62. The van der Waals surface area contributed by atoms with Crippen LogP contribution >= 0.6 is 24.0 Å². The van der Waals surface area contributed by atoms with Crippen molar-refractivity contribution in [3.05, 3.63) is 71.0 Å². The highest BCUT2D eigenvalue weighted by Gasteiger charge is 2.16. The molecule has 0 radical (unpaired) electrons. The minimum absolute atomic E-state index is 0. The molecule has 0 bridgehead atoms. The number of nitrogens with one attached hydrogen (secondary N) is 2. The molecule has 1 heterocycles. The van der Waals surface area contributed by atoms with Crippen LogP contribution in [0, 0.1) is 5.82 Å². The Morgan fingerprint density at radius 1 is 0.966 bits per heavy atom. The largest absolute Gasteiger partial charge is 0.393 e. The average Bonchev–Trinajstić information content (AvgIpc) is 2.72. The number of benzene rings is 2. The van der Waals surface area contributed by atoms with E-state index in [0.717, 1.165) is 38.0 Å². The number of guanidine groups is 1. The van der Waals surface area contributed by atoms with Crippen molar-refractivity contribution in [3.8, 4) is 0 Å². The number of hydrogen-bond donors (Lipinski definition) is 3. The first-order chi connectivity index (χ1) is 13.6. The number of rotatable bonds is 6. The predicted octanol–water partition coefficient (Wildman–Crippen LogP) is 3.27. The fraction of sp³-hybridized carbons (Fsp3) is 0.409. The van der Waals surface area contributed by atoms with E-state index in [4.69, 9.17) is 0 Å². The Bertz CT molecular complexity index is 759. The third kappa shape index (κ3) is 7.91. The molecular weight excluding hydrogens is 482 g/mol. The van der Waals surface area contributed by atoms with Crippen molar-refractivity contribution in [2.75, 3.05) is 20.1 Å². The number of aliphatic imine (C=N–C) groups is 1. The van der Waals surface area contributed by atoms with Gasteiger partial charge >= 0.3 is 0 Å². The molecule has 0 spiro atoms. The number of aliphatic hydroxyl groups excluding tert-OH is 1. The molecular formula is C22H30FIN4O. The Kier molecular flexibility index (Phi) is 9.83. The Hall–Kier alpha value is -1.71. The van der Waals surface area contributed by atoms with Crippen LogP contribution in [-0.4, -0.2) is 42.2 Å². The lowest BCUT2D eigenvalue weighted by Gasteiger charge is -2.29. The molecule has 0 amide bonds. The van der Waals surface area contributed by atoms with Gasteiger partial charge in [-0.1, -0.05) is 36.4 Å². The van der Waals surface area contributed by atoms with Gasteiger partial charge < -0.3 is 15.7 Å². The zero-order chi connectivity index (χ0) is 19.8. The monoisotopic (exact) mass is 512 g/mol. The maximum atomic E-state index is 13.0. The Morgan fingerprint density at radius 3 is 1.97 bits per heavy atom. The quantitative estimate of drug-likeness (QED) is 0.316. The summed E-state index contributed by atoms with van der Waals surface area (Å²) in [7, 11) is 1.73. The van der Waals surface area contributed by atoms with E-state index in [9.17, 15) is 9.50 Å². The molecule has 7 heteroatoms. The van der Waals surface area contributed by atoms with Crippen molar-refractivity contribution < 1.29 is 9.50 Å². The average molecular weight is 512 g/mol. The number of hydrogen-bond acceptors (Lipinski definition) is 3. The first-order valence-corrected chi connectivity index (χ1v) is 9.79. The Labute approximate surface area is 189 Å². The second kappa shape index (κ2) is 12.1. The van der Waals surface area contributed by atoms with Crippen molar-refractivity contribution in [1.29, 1.82) is 0 Å². The summed E-state index contributed by atoms with van der Waals surface area (Å²) in [5, 5.41) is 16.1. The van der Waals surface area contributed by atoms with E-state index in [-0.39, 0.29) is 35.9 Å². The molecule has 1 saturated heterocycles. The number of halogens is 2. The van der Waals surface area contributed by atoms with Gasteiger partial charge in [-0.05, 0) is 41.7 Å². The number of nitrogens with zero attached hydrogens (tertiary/aromatic N) is 2. The minimum atomic E-state index is -0.229. The molecule has 1 fully saturated rings. The van der Waals surface area contributed by atoms with Crippen molar-refractivity contribution in [3.63, 3.8) is 0 Å². The van der Waals surface area contributed by atoms with Gasteiger partial charge in [0.15, 0.2) is 5.96 Å². The summed E-state index contributed by atoms with van der Waals surface area (Å²) in [6.45, 7) is 4.12. The smallest absolute Gasteiger partial charge is 0.191 e. The lowest BCUT2D eigenvalue weighted by atomic mass is 10.1. The highest BCUT2D eigenvalue weighted by molar-refractivity contribution is 14.0. The maximum Gasteiger partial charge on any atom is 0.191 e. The van der Waals surface area contributed by atoms with Crippen LogP contribution in [0.2, 0.25) is 0 Å². The number of aliphatic hydroxyl groups is 1. The van der Waals surface area contributed by atoms with E-state index in [1.807, 2.05) is 0 Å². The zero-order valence-electron chi connectivity index (χ0n) is 16.8. The molecule has 0 atom stereocenters. The third-order valence-electron chi connectivity index (χ3n) is 5.04. The summed E-state index contributed by atoms with van der Waals surface area (Å²) in [5.41, 5.74) is 3.47. The van der Waals surface area contributed by atoms with Crippen molar-refractivity contribution in [2.24, 2.45) is 4.99 Å². The lowest BCUT2D eigenvalue weighted by molar-refractivity contribution is 0.0792. The van der Waals surface area contributed by atoms with E-state index in [1.165, 1.54) is 23.3 Å². The highest BCUT2D eigenvalue weighted by Crippen LogP contribution is 2.14. The summed E-state index contributed by atoms with van der Waals surface area (Å²) in [6, 6.07) is 15.0. The summed E-state index contributed by atoms with van der Waals surface area (Å²) >= 11 is 0. The molecule has 0 aromatic heterocycles. The summed E-state index contributed by atoms with van der Waals surface area (Å²) < 4.78 is 13.0. The maximum absolute atomic E-state index is 13.0. The number of likely N-dealkylation sites (tertiary alicyclic amines) is 1. The van der Waals surface area contributed by atoms with E-state index in [1.54, 1.807) is 19.2 Å². The predicted molar refractivity (Wildman–Crippen MR) is 126 cm³/mol. The van der Waals surface area contributed by atoms with Crippen LogP contribution in [0.25, 0.3) is 0 Å². The molecule has 1 aliphatic rings. The Balaban J connectivity index is 0.00000300. The standard InChI is InChI=1S/C22H29FN4O.HI/c1-24-22(26-15-18-6-8-20(23)9-7-18)25-14-17-2-4-19(5-3-17)16-27-12-10-21(28)11-13-27;/h2-9,21,28H,10-16H2,1H3,(H2,24,25,26);1H. The van der Waals surface area contributed by atoms with Crippen LogP contribution in [0.1, 0.15) is 29.5 Å². The third-order valence-corrected chi connectivity index (χ3v) is 5.04. The van der Waals surface area contributed by atoms with Gasteiger partial charge in [-0.25, -0.2) is 4.39 Å². The molecule has 3 rings (SSSR count). The van der Waals surface area contributed by atoms with Gasteiger partial charge in [0.25, 0.3) is 0 Å². The van der Waals surface area contributed by atoms with Gasteiger partial charge in [-0.15, -0.1) is 24.0 Å². The van der Waals surface area contributed by atoms with E-state index >= 15 is 0 Å². The van der Waals surface area contributed by atoms with E-state index in [2.05, 4.69) is 44.8 Å². The number of piperidine rings is 1. The van der Waals surface area contributed by atoms with Crippen molar-refractivity contribution >= 4 is 29.9 Å². The molecule has 29 heavy (non-hydrogen) atoms. The van der Waals surface area contributed by atoms with Gasteiger partial charge in [0, 0.05) is 39.8 Å². The van der Waals surface area contributed by atoms with Gasteiger partial charge in [0.05, 0.1) is 6.10 Å². The van der Waals surface area contributed by atoms with Crippen LogP contribution in [0.4, 0.5) is 4.39 Å². The van der Waals surface area contributed by atoms with E-state index in [0.29, 0.717) is 19.0 Å². The van der Waals surface area contributed by atoms with Crippen LogP contribution < -0.4 is 10.6 Å². The Morgan fingerprint density at radius 2 is 1.45 bits per heavy atom. The van der Waals surface area contributed by atoms with Gasteiger partial charge in [-0.2, -0.15) is 0 Å². The second-order valence-electron chi connectivity index (χ2n) is 7.23. The zero-order valence-corrected chi connectivity index (χ0v) is 19.1. The molecule has 2 aromatic rings. The highest BCUT2D eigenvalue weighted by atomic mass is 127. The molecule has 158 valence electrons. The van der Waals surface area contributed by atoms with E-state index < -0.39 is 0 Å². The first-order valence-electron chi connectivity index (χ1n) is 9.79.